The van der Waals surface area contributed by atoms with Gasteiger partial charge in [-0.2, -0.15) is 0 Å². The fourth-order valence-electron chi connectivity index (χ4n) is 6.34. The minimum Gasteiger partial charge on any atom is -0.343 e. The first-order chi connectivity index (χ1) is 11.8. The van der Waals surface area contributed by atoms with Gasteiger partial charge in [0, 0.05) is 12.8 Å². The van der Waals surface area contributed by atoms with Gasteiger partial charge < -0.3 is 14.2 Å². The Morgan fingerprint density at radius 1 is 0.846 bits per heavy atom. The highest BCUT2D eigenvalue weighted by atomic mass is 31.0. The molecule has 0 spiro atoms. The van der Waals surface area contributed by atoms with Crippen molar-refractivity contribution in [2.24, 2.45) is 0 Å². The molecule has 4 aliphatic rings. The van der Waals surface area contributed by atoms with Crippen LogP contribution < -0.4 is 5.19 Å². The van der Waals surface area contributed by atoms with Gasteiger partial charge in [-0.1, -0.05) is 49.1 Å². The van der Waals surface area contributed by atoms with Crippen molar-refractivity contribution in [1.29, 1.82) is 0 Å². The number of ether oxygens (including phenoxy) is 3. The smallest absolute Gasteiger partial charge is 0.172 e. The summed E-state index contributed by atoms with van der Waals surface area (Å²) in [6.07, 6.45) is 2.39. The summed E-state index contributed by atoms with van der Waals surface area (Å²) in [5.41, 5.74) is 0.446. The van der Waals surface area contributed by atoms with Crippen LogP contribution >= 0.6 is 9.24 Å². The summed E-state index contributed by atoms with van der Waals surface area (Å²) in [7, 11) is 1.66. The van der Waals surface area contributed by atoms with Crippen LogP contribution in [0.25, 0.3) is 0 Å². The predicted octanol–water partition coefficient (Wildman–Crippen LogP) is 4.17. The average molecular weight is 393 g/mol. The molecule has 1 aromatic rings. The second-order valence-electron chi connectivity index (χ2n) is 10.3. The van der Waals surface area contributed by atoms with Crippen molar-refractivity contribution in [3.8, 4) is 0 Å². The molecule has 26 heavy (non-hydrogen) atoms. The first kappa shape index (κ1) is 19.1. The van der Waals surface area contributed by atoms with Crippen LogP contribution in [0.15, 0.2) is 24.3 Å². The first-order valence-electron chi connectivity index (χ1n) is 9.72. The van der Waals surface area contributed by atoms with E-state index in [4.69, 9.17) is 14.2 Å². The van der Waals surface area contributed by atoms with Crippen molar-refractivity contribution < 1.29 is 14.2 Å². The van der Waals surface area contributed by atoms with Crippen molar-refractivity contribution in [1.82, 2.24) is 0 Å². The summed E-state index contributed by atoms with van der Waals surface area (Å²) in [4.78, 5) is 0. The van der Waals surface area contributed by atoms with Gasteiger partial charge in [-0.15, -0.1) is 9.24 Å². The first-order valence-corrected chi connectivity index (χ1v) is 14.0. The van der Waals surface area contributed by atoms with Crippen LogP contribution in [0.4, 0.5) is 0 Å². The summed E-state index contributed by atoms with van der Waals surface area (Å²) < 4.78 is 19.6. The van der Waals surface area contributed by atoms with Crippen molar-refractivity contribution >= 4 is 22.5 Å². The maximum absolute atomic E-state index is 6.68. The molecule has 4 fully saturated rings. The highest BCUT2D eigenvalue weighted by Gasteiger charge is 2.77. The molecule has 4 aliphatic heterocycles. The van der Waals surface area contributed by atoms with E-state index in [1.165, 1.54) is 10.8 Å². The minimum absolute atomic E-state index is 0.217. The van der Waals surface area contributed by atoms with Crippen LogP contribution in [0, 0.1) is 0 Å². The third-order valence-corrected chi connectivity index (χ3v) is 9.66. The SMILES string of the molecule is CC12CC3(C)OC(C)(CC(C)(O1)C3(CP)c1ccc([Si](C)(C)C)cc1)O2. The quantitative estimate of drug-likeness (QED) is 0.571. The average Bonchev–Trinajstić information content (AvgIpc) is 2.42. The molecule has 3 nitrogen and oxygen atoms in total. The second-order valence-corrected chi connectivity index (χ2v) is 15.8. The van der Waals surface area contributed by atoms with E-state index < -0.39 is 19.6 Å². The lowest BCUT2D eigenvalue weighted by molar-refractivity contribution is -0.531. The normalized spacial score (nSPS) is 47.4. The van der Waals surface area contributed by atoms with E-state index in [1.807, 2.05) is 0 Å². The zero-order valence-electron chi connectivity index (χ0n) is 17.2. The van der Waals surface area contributed by atoms with Crippen LogP contribution in [0.5, 0.6) is 0 Å². The van der Waals surface area contributed by atoms with E-state index in [0.29, 0.717) is 0 Å². The highest BCUT2D eigenvalue weighted by molar-refractivity contribution is 7.16. The molecule has 0 aromatic heterocycles. The molecule has 0 saturated carbocycles. The Morgan fingerprint density at radius 2 is 1.31 bits per heavy atom. The molecule has 1 aromatic carbocycles. The Morgan fingerprint density at radius 3 is 1.69 bits per heavy atom. The highest BCUT2D eigenvalue weighted by Crippen LogP contribution is 2.68. The van der Waals surface area contributed by atoms with Crippen molar-refractivity contribution in [3.05, 3.63) is 29.8 Å². The summed E-state index contributed by atoms with van der Waals surface area (Å²) in [5, 5.41) is 1.49. The molecule has 144 valence electrons. The Hall–Kier alpha value is -0.253. The van der Waals surface area contributed by atoms with Gasteiger partial charge in [0.25, 0.3) is 0 Å². The largest absolute Gasteiger partial charge is 0.343 e. The number of hydrogen-bond donors (Lipinski definition) is 0. The minimum atomic E-state index is -1.32. The van der Waals surface area contributed by atoms with Crippen molar-refractivity contribution in [3.63, 3.8) is 0 Å². The standard InChI is InChI=1S/C21H33O3PSi/c1-17-12-19(3)23-18(2,13-20(4,22-17)24-19)21(17,14-25)15-8-10-16(11-9-15)26(5,6)7/h8-11H,12-14,25H2,1-7H3. The summed E-state index contributed by atoms with van der Waals surface area (Å²) in [5.74, 6) is -1.15. The molecule has 0 aliphatic carbocycles. The lowest BCUT2D eigenvalue weighted by Crippen LogP contribution is -2.83. The molecule has 0 radical (unpaired) electrons. The van der Waals surface area contributed by atoms with E-state index in [2.05, 4.69) is 80.8 Å². The van der Waals surface area contributed by atoms with Crippen molar-refractivity contribution in [2.45, 2.75) is 88.4 Å². The zero-order valence-corrected chi connectivity index (χ0v) is 19.4. The van der Waals surface area contributed by atoms with Gasteiger partial charge in [0.05, 0.1) is 24.7 Å². The molecule has 5 atom stereocenters. The van der Waals surface area contributed by atoms with Gasteiger partial charge in [-0.3, -0.25) is 0 Å². The van der Waals surface area contributed by atoms with Gasteiger partial charge >= 0.3 is 0 Å². The second kappa shape index (κ2) is 5.21. The lowest BCUT2D eigenvalue weighted by Gasteiger charge is -2.74. The summed E-state index contributed by atoms with van der Waals surface area (Å²) in [6.45, 7) is 15.9. The predicted molar refractivity (Wildman–Crippen MR) is 112 cm³/mol. The maximum Gasteiger partial charge on any atom is 0.172 e. The van der Waals surface area contributed by atoms with Crippen molar-refractivity contribution in [2.75, 3.05) is 6.16 Å². The molecule has 5 rings (SSSR count). The monoisotopic (exact) mass is 392 g/mol. The number of hydrogen-bond acceptors (Lipinski definition) is 3. The van der Waals surface area contributed by atoms with Gasteiger partial charge in [-0.25, -0.2) is 0 Å². The van der Waals surface area contributed by atoms with Crippen LogP contribution in [0.3, 0.4) is 0 Å². The molecule has 4 heterocycles. The molecule has 5 unspecified atom stereocenters. The van der Waals surface area contributed by atoms with Crippen LogP contribution in [0.2, 0.25) is 19.6 Å². The molecule has 5 heteroatoms. The Labute approximate surface area is 161 Å². The van der Waals surface area contributed by atoms with Crippen LogP contribution in [-0.4, -0.2) is 37.0 Å². The van der Waals surface area contributed by atoms with Crippen LogP contribution in [-0.2, 0) is 19.6 Å². The molecular weight excluding hydrogens is 359 g/mol. The fraction of sp³-hybridized carbons (Fsp3) is 0.714. The van der Waals surface area contributed by atoms with E-state index >= 15 is 0 Å². The number of rotatable bonds is 3. The van der Waals surface area contributed by atoms with Gasteiger partial charge in [-0.05, 0) is 39.4 Å². The molecule has 4 saturated heterocycles. The Kier molecular flexibility index (Phi) is 3.82. The maximum atomic E-state index is 6.68. The third kappa shape index (κ3) is 2.32. The van der Waals surface area contributed by atoms with E-state index in [0.717, 1.165) is 19.0 Å². The van der Waals surface area contributed by atoms with Gasteiger partial charge in [0.2, 0.25) is 0 Å². The molecular formula is C21H33O3PSi. The molecule has 0 amide bonds. The molecule has 0 N–H and O–H groups in total. The van der Waals surface area contributed by atoms with E-state index in [9.17, 15) is 0 Å². The third-order valence-electron chi connectivity index (χ3n) is 6.99. The fourth-order valence-corrected chi connectivity index (χ4v) is 8.61. The van der Waals surface area contributed by atoms with Gasteiger partial charge in [0.1, 0.15) is 0 Å². The summed E-state index contributed by atoms with van der Waals surface area (Å²) in [6, 6.07) is 9.33. The van der Waals surface area contributed by atoms with E-state index in [1.54, 1.807) is 0 Å². The molecule has 4 bridgehead atoms. The lowest BCUT2D eigenvalue weighted by atomic mass is 9.52. The topological polar surface area (TPSA) is 27.7 Å². The zero-order chi connectivity index (χ0) is 19.2. The number of benzene rings is 1. The summed E-state index contributed by atoms with van der Waals surface area (Å²) >= 11 is 0. The van der Waals surface area contributed by atoms with Gasteiger partial charge in [0.15, 0.2) is 11.6 Å². The Bertz CT molecular complexity index is 695. The van der Waals surface area contributed by atoms with Crippen LogP contribution in [0.1, 0.15) is 46.1 Å². The van der Waals surface area contributed by atoms with E-state index in [-0.39, 0.29) is 16.6 Å². The Balaban J connectivity index is 1.88.